The molecule has 0 amide bonds. The van der Waals surface area contributed by atoms with Gasteiger partial charge in [0.05, 0.1) is 0 Å². The van der Waals surface area contributed by atoms with Crippen LogP contribution in [0.1, 0.15) is 25.0 Å². The number of hydrogen-bond acceptors (Lipinski definition) is 0. The van der Waals surface area contributed by atoms with E-state index in [1.54, 1.807) is 0 Å². The molecule has 0 nitrogen and oxygen atoms in total. The lowest BCUT2D eigenvalue weighted by atomic mass is 9.80. The SMILES string of the molecule is CC1(C)c2ccccc2-c2ccc(-c3c4ccccc4c(-c4ccc(-c5ccc(-c6c7ccccc7c(-c7ccccc7)c7ccccc67)c6ccccc56)cc4)c4ccccc34)cc21. The number of rotatable bonds is 5. The van der Waals surface area contributed by atoms with E-state index in [1.807, 2.05) is 0 Å². The minimum atomic E-state index is -0.0717. The van der Waals surface area contributed by atoms with Crippen LogP contribution in [0.2, 0.25) is 0 Å². The second-order valence-corrected chi connectivity index (χ2v) is 18.3. The fourth-order valence-corrected chi connectivity index (χ4v) is 11.5. The van der Waals surface area contributed by atoms with Crippen molar-refractivity contribution in [3.8, 4) is 66.8 Å². The first-order valence-electron chi connectivity index (χ1n) is 22.8. The molecule has 0 fully saturated rings. The van der Waals surface area contributed by atoms with Crippen LogP contribution in [-0.2, 0) is 5.41 Å². The van der Waals surface area contributed by atoms with Gasteiger partial charge in [-0.05, 0) is 138 Å². The van der Waals surface area contributed by atoms with E-state index in [9.17, 15) is 0 Å². The number of fused-ring (bicyclic) bond motifs is 8. The minimum Gasteiger partial charge on any atom is -0.0622 e. The summed E-state index contributed by atoms with van der Waals surface area (Å²) < 4.78 is 0. The molecule has 12 aromatic rings. The zero-order valence-electron chi connectivity index (χ0n) is 36.4. The van der Waals surface area contributed by atoms with E-state index in [0.29, 0.717) is 0 Å². The van der Waals surface area contributed by atoms with Crippen molar-refractivity contribution in [3.63, 3.8) is 0 Å². The van der Waals surface area contributed by atoms with Crippen molar-refractivity contribution in [2.45, 2.75) is 19.3 Å². The molecule has 0 bridgehead atoms. The Bertz CT molecular complexity index is 3770. The molecule has 0 heterocycles. The Hall–Kier alpha value is -8.06. The van der Waals surface area contributed by atoms with Crippen molar-refractivity contribution in [1.82, 2.24) is 0 Å². The van der Waals surface area contributed by atoms with Crippen molar-refractivity contribution >= 4 is 53.9 Å². The van der Waals surface area contributed by atoms with Gasteiger partial charge in [0.2, 0.25) is 0 Å². The molecule has 13 rings (SSSR count). The molecule has 0 heteroatoms. The minimum absolute atomic E-state index is 0.0717. The molecule has 0 saturated carbocycles. The monoisotopic (exact) mass is 824 g/mol. The molecule has 1 aliphatic carbocycles. The largest absolute Gasteiger partial charge is 0.0622 e. The predicted molar refractivity (Wildman–Crippen MR) is 279 cm³/mol. The second kappa shape index (κ2) is 14.5. The summed E-state index contributed by atoms with van der Waals surface area (Å²) in [5.41, 5.74) is 18.0. The highest BCUT2D eigenvalue weighted by Crippen LogP contribution is 2.52. The van der Waals surface area contributed by atoms with Crippen LogP contribution in [0.5, 0.6) is 0 Å². The molecule has 304 valence electrons. The van der Waals surface area contributed by atoms with Gasteiger partial charge in [-0.1, -0.05) is 238 Å². The van der Waals surface area contributed by atoms with Gasteiger partial charge in [0, 0.05) is 5.41 Å². The van der Waals surface area contributed by atoms with E-state index < -0.39 is 0 Å². The van der Waals surface area contributed by atoms with E-state index in [4.69, 9.17) is 0 Å². The Kier molecular flexibility index (Phi) is 8.36. The number of hydrogen-bond donors (Lipinski definition) is 0. The third-order valence-electron chi connectivity index (χ3n) is 14.5. The summed E-state index contributed by atoms with van der Waals surface area (Å²) >= 11 is 0. The fourth-order valence-electron chi connectivity index (χ4n) is 11.5. The summed E-state index contributed by atoms with van der Waals surface area (Å²) in [6, 6.07) is 85.9. The Morgan fingerprint density at radius 2 is 0.554 bits per heavy atom. The molecule has 0 N–H and O–H groups in total. The molecular weight excluding hydrogens is 781 g/mol. The third-order valence-corrected chi connectivity index (χ3v) is 14.5. The summed E-state index contributed by atoms with van der Waals surface area (Å²) in [5.74, 6) is 0. The highest BCUT2D eigenvalue weighted by molar-refractivity contribution is 6.25. The highest BCUT2D eigenvalue weighted by Gasteiger charge is 2.35. The van der Waals surface area contributed by atoms with Gasteiger partial charge in [0.25, 0.3) is 0 Å². The first-order chi connectivity index (χ1) is 32.0. The van der Waals surface area contributed by atoms with Gasteiger partial charge in [-0.15, -0.1) is 0 Å². The maximum absolute atomic E-state index is 2.47. The summed E-state index contributed by atoms with van der Waals surface area (Å²) in [5, 5.41) is 12.7. The zero-order valence-corrected chi connectivity index (χ0v) is 36.4. The smallest absolute Gasteiger partial charge is 0.0159 e. The zero-order chi connectivity index (χ0) is 43.2. The lowest BCUT2D eigenvalue weighted by Gasteiger charge is -2.23. The number of benzene rings is 12. The average Bonchev–Trinajstić information content (AvgIpc) is 3.59. The van der Waals surface area contributed by atoms with E-state index in [1.165, 1.54) is 132 Å². The third kappa shape index (κ3) is 5.64. The highest BCUT2D eigenvalue weighted by atomic mass is 14.4. The van der Waals surface area contributed by atoms with E-state index in [0.717, 1.165) is 0 Å². The molecule has 12 aromatic carbocycles. The summed E-state index contributed by atoms with van der Waals surface area (Å²) in [6.45, 7) is 4.74. The Labute approximate surface area is 379 Å². The van der Waals surface area contributed by atoms with Gasteiger partial charge >= 0.3 is 0 Å². The van der Waals surface area contributed by atoms with Crippen LogP contribution in [0.25, 0.3) is 121 Å². The predicted octanol–water partition coefficient (Wildman–Crippen LogP) is 18.1. The normalized spacial score (nSPS) is 12.9. The lowest BCUT2D eigenvalue weighted by molar-refractivity contribution is 0.660. The standard InChI is InChI=1S/C65H44/c1-65(2)59-31-17-16-22-48(59)49-37-36-44(40-60(49)65)63-52-25-10-8-23-50(52)62(51-24-9-11-26-53(51)63)43-34-32-41(33-35-43)45-38-39-58(47-21-7-6-20-46(45)47)64-56-29-14-12-27-54(56)61(42-18-4-3-5-19-42)55-28-13-15-30-57(55)64/h3-40H,1-2H3. The molecule has 0 unspecified atom stereocenters. The van der Waals surface area contributed by atoms with Crippen LogP contribution in [0.3, 0.4) is 0 Å². The Balaban J connectivity index is 0.951. The Morgan fingerprint density at radius 3 is 1.09 bits per heavy atom. The van der Waals surface area contributed by atoms with Crippen molar-refractivity contribution in [2.24, 2.45) is 0 Å². The summed E-state index contributed by atoms with van der Waals surface area (Å²) in [7, 11) is 0. The van der Waals surface area contributed by atoms with Crippen LogP contribution in [-0.4, -0.2) is 0 Å². The molecule has 0 aliphatic heterocycles. The molecule has 0 atom stereocenters. The molecular formula is C65H44. The molecule has 0 aromatic heterocycles. The van der Waals surface area contributed by atoms with E-state index in [2.05, 4.69) is 244 Å². The quantitative estimate of drug-likeness (QED) is 0.152. The van der Waals surface area contributed by atoms with Crippen molar-refractivity contribution in [2.75, 3.05) is 0 Å². The first kappa shape index (κ1) is 37.5. The van der Waals surface area contributed by atoms with Crippen LogP contribution in [0.15, 0.2) is 231 Å². The van der Waals surface area contributed by atoms with Crippen LogP contribution >= 0.6 is 0 Å². The van der Waals surface area contributed by atoms with Crippen LogP contribution in [0.4, 0.5) is 0 Å². The molecule has 65 heavy (non-hydrogen) atoms. The lowest BCUT2D eigenvalue weighted by Crippen LogP contribution is -2.14. The summed E-state index contributed by atoms with van der Waals surface area (Å²) in [4.78, 5) is 0. The first-order valence-corrected chi connectivity index (χ1v) is 22.8. The van der Waals surface area contributed by atoms with Crippen LogP contribution < -0.4 is 0 Å². The van der Waals surface area contributed by atoms with Gasteiger partial charge in [-0.25, -0.2) is 0 Å². The van der Waals surface area contributed by atoms with Gasteiger partial charge in [0.1, 0.15) is 0 Å². The fraction of sp³-hybridized carbons (Fsp3) is 0.0462. The van der Waals surface area contributed by atoms with Crippen molar-refractivity contribution < 1.29 is 0 Å². The van der Waals surface area contributed by atoms with Gasteiger partial charge < -0.3 is 0 Å². The van der Waals surface area contributed by atoms with Crippen molar-refractivity contribution in [1.29, 1.82) is 0 Å². The molecule has 0 spiro atoms. The maximum Gasteiger partial charge on any atom is 0.0159 e. The average molecular weight is 825 g/mol. The van der Waals surface area contributed by atoms with E-state index >= 15 is 0 Å². The van der Waals surface area contributed by atoms with Crippen molar-refractivity contribution in [3.05, 3.63) is 242 Å². The topological polar surface area (TPSA) is 0 Å². The summed E-state index contributed by atoms with van der Waals surface area (Å²) in [6.07, 6.45) is 0. The second-order valence-electron chi connectivity index (χ2n) is 18.3. The Morgan fingerprint density at radius 1 is 0.215 bits per heavy atom. The molecule has 1 aliphatic rings. The molecule has 0 radical (unpaired) electrons. The van der Waals surface area contributed by atoms with Crippen LogP contribution in [0, 0.1) is 0 Å². The maximum atomic E-state index is 2.47. The van der Waals surface area contributed by atoms with E-state index in [-0.39, 0.29) is 5.41 Å². The van der Waals surface area contributed by atoms with Gasteiger partial charge in [-0.3, -0.25) is 0 Å². The molecule has 0 saturated heterocycles. The van der Waals surface area contributed by atoms with Gasteiger partial charge in [-0.2, -0.15) is 0 Å². The van der Waals surface area contributed by atoms with Gasteiger partial charge in [0.15, 0.2) is 0 Å².